The van der Waals surface area contributed by atoms with Gasteiger partial charge in [-0.2, -0.15) is 5.26 Å². The van der Waals surface area contributed by atoms with Gasteiger partial charge in [0.05, 0.1) is 5.69 Å². The highest BCUT2D eigenvalue weighted by molar-refractivity contribution is 7.18. The zero-order chi connectivity index (χ0) is 14.0. The molecule has 0 saturated carbocycles. The van der Waals surface area contributed by atoms with Crippen LogP contribution < -0.4 is 16.4 Å². The van der Waals surface area contributed by atoms with Crippen molar-refractivity contribution in [1.29, 1.82) is 5.26 Å². The first-order chi connectivity index (χ1) is 9.06. The second-order valence-electron chi connectivity index (χ2n) is 4.63. The van der Waals surface area contributed by atoms with Crippen LogP contribution in [0, 0.1) is 11.3 Å². The standard InChI is InChI=1S/C12H17N5OS/c1-15-11(18)10-9(14)8(5-13)12(19-10)16-7-3-4-17(2)6-7/h7,16H,3-4,6,14H2,1-2H3,(H,15,18). The van der Waals surface area contributed by atoms with Gasteiger partial charge in [0.2, 0.25) is 0 Å². The van der Waals surface area contributed by atoms with Crippen LogP contribution in [0.4, 0.5) is 10.7 Å². The van der Waals surface area contributed by atoms with E-state index in [0.29, 0.717) is 21.5 Å². The number of carbonyl (C=O) groups is 1. The van der Waals surface area contributed by atoms with E-state index in [1.54, 1.807) is 7.05 Å². The van der Waals surface area contributed by atoms with Gasteiger partial charge in [-0.25, -0.2) is 0 Å². The highest BCUT2D eigenvalue weighted by Gasteiger charge is 2.24. The smallest absolute Gasteiger partial charge is 0.263 e. The monoisotopic (exact) mass is 279 g/mol. The van der Waals surface area contributed by atoms with E-state index >= 15 is 0 Å². The van der Waals surface area contributed by atoms with Crippen molar-refractivity contribution in [2.75, 3.05) is 38.2 Å². The second-order valence-corrected chi connectivity index (χ2v) is 5.65. The highest BCUT2D eigenvalue weighted by Crippen LogP contribution is 2.36. The number of nitrogen functional groups attached to an aromatic ring is 1. The maximum Gasteiger partial charge on any atom is 0.263 e. The Balaban J connectivity index is 2.25. The molecule has 6 nitrogen and oxygen atoms in total. The molecule has 0 aromatic carbocycles. The van der Waals surface area contributed by atoms with E-state index in [0.717, 1.165) is 19.5 Å². The zero-order valence-electron chi connectivity index (χ0n) is 11.0. The third-order valence-electron chi connectivity index (χ3n) is 3.22. The third kappa shape index (κ3) is 2.64. The number of hydrogen-bond acceptors (Lipinski definition) is 6. The highest BCUT2D eigenvalue weighted by atomic mass is 32.1. The number of thiophene rings is 1. The maximum absolute atomic E-state index is 11.7. The van der Waals surface area contributed by atoms with Gasteiger partial charge in [-0.1, -0.05) is 0 Å². The fourth-order valence-corrected chi connectivity index (χ4v) is 3.27. The average Bonchev–Trinajstić information content (AvgIpc) is 2.93. The first-order valence-electron chi connectivity index (χ1n) is 6.06. The maximum atomic E-state index is 11.7. The number of likely N-dealkylation sites (N-methyl/N-ethyl adjacent to an activating group) is 1. The molecule has 1 aliphatic rings. The van der Waals surface area contributed by atoms with E-state index in [9.17, 15) is 10.1 Å². The number of nitrogens with zero attached hydrogens (tertiary/aromatic N) is 2. The summed E-state index contributed by atoms with van der Waals surface area (Å²) in [4.78, 5) is 14.3. The Morgan fingerprint density at radius 2 is 2.37 bits per heavy atom. The van der Waals surface area contributed by atoms with Crippen LogP contribution in [0.15, 0.2) is 0 Å². The molecule has 1 atom stereocenters. The predicted octanol–water partition coefficient (Wildman–Crippen LogP) is 0.678. The molecule has 1 aliphatic heterocycles. The number of nitrogens with one attached hydrogen (secondary N) is 2. The molecule has 0 aliphatic carbocycles. The Morgan fingerprint density at radius 3 is 2.89 bits per heavy atom. The molecular weight excluding hydrogens is 262 g/mol. The average molecular weight is 279 g/mol. The Labute approximate surface area is 116 Å². The van der Waals surface area contributed by atoms with Crippen LogP contribution >= 0.6 is 11.3 Å². The number of likely N-dealkylation sites (tertiary alicyclic amines) is 1. The fraction of sp³-hybridized carbons (Fsp3) is 0.500. The van der Waals surface area contributed by atoms with Crippen LogP contribution in [-0.2, 0) is 0 Å². The van der Waals surface area contributed by atoms with E-state index in [1.165, 1.54) is 11.3 Å². The minimum Gasteiger partial charge on any atom is -0.396 e. The molecule has 2 rings (SSSR count). The van der Waals surface area contributed by atoms with Gasteiger partial charge in [0.25, 0.3) is 5.91 Å². The first kappa shape index (κ1) is 13.6. The summed E-state index contributed by atoms with van der Waals surface area (Å²) in [6.45, 7) is 1.96. The lowest BCUT2D eigenvalue weighted by Crippen LogP contribution is -2.23. The van der Waals surface area contributed by atoms with Gasteiger partial charge in [0, 0.05) is 19.6 Å². The summed E-state index contributed by atoms with van der Waals surface area (Å²) in [5, 5.41) is 15.7. The molecule has 0 radical (unpaired) electrons. The minimum absolute atomic E-state index is 0.254. The lowest BCUT2D eigenvalue weighted by molar-refractivity contribution is 0.0968. The summed E-state index contributed by atoms with van der Waals surface area (Å²) >= 11 is 1.24. The quantitative estimate of drug-likeness (QED) is 0.756. The Kier molecular flexibility index (Phi) is 3.93. The van der Waals surface area contributed by atoms with Gasteiger partial charge in [-0.3, -0.25) is 4.79 Å². The summed E-state index contributed by atoms with van der Waals surface area (Å²) < 4.78 is 0. The van der Waals surface area contributed by atoms with E-state index in [2.05, 4.69) is 28.7 Å². The van der Waals surface area contributed by atoms with Crippen molar-refractivity contribution in [2.45, 2.75) is 12.5 Å². The Morgan fingerprint density at radius 1 is 1.63 bits per heavy atom. The predicted molar refractivity (Wildman–Crippen MR) is 76.4 cm³/mol. The van der Waals surface area contributed by atoms with Crippen molar-refractivity contribution in [3.63, 3.8) is 0 Å². The number of amides is 1. The zero-order valence-corrected chi connectivity index (χ0v) is 11.8. The van der Waals surface area contributed by atoms with E-state index in [1.807, 2.05) is 0 Å². The summed E-state index contributed by atoms with van der Waals surface area (Å²) in [5.74, 6) is -0.254. The van der Waals surface area contributed by atoms with Gasteiger partial charge in [0.15, 0.2) is 0 Å². The number of carbonyl (C=O) groups excluding carboxylic acids is 1. The summed E-state index contributed by atoms with van der Waals surface area (Å²) in [5.41, 5.74) is 6.51. The van der Waals surface area contributed by atoms with Gasteiger partial charge in [0.1, 0.15) is 21.5 Å². The molecule has 7 heteroatoms. The molecule has 1 aromatic heterocycles. The van der Waals surface area contributed by atoms with Crippen molar-refractivity contribution in [1.82, 2.24) is 10.2 Å². The van der Waals surface area contributed by atoms with Gasteiger partial charge in [-0.05, 0) is 20.0 Å². The van der Waals surface area contributed by atoms with Gasteiger partial charge < -0.3 is 21.3 Å². The topological polar surface area (TPSA) is 94.2 Å². The van der Waals surface area contributed by atoms with Crippen molar-refractivity contribution in [2.24, 2.45) is 0 Å². The number of nitriles is 1. The van der Waals surface area contributed by atoms with E-state index in [4.69, 9.17) is 5.73 Å². The minimum atomic E-state index is -0.254. The second kappa shape index (κ2) is 5.47. The van der Waals surface area contributed by atoms with Crippen LogP contribution in [0.25, 0.3) is 0 Å². The van der Waals surface area contributed by atoms with Crippen molar-refractivity contribution in [3.8, 4) is 6.07 Å². The molecule has 1 aromatic rings. The number of rotatable bonds is 3. The van der Waals surface area contributed by atoms with Crippen LogP contribution in [0.1, 0.15) is 21.7 Å². The van der Waals surface area contributed by atoms with Gasteiger partial charge >= 0.3 is 0 Å². The lowest BCUT2D eigenvalue weighted by atomic mass is 10.2. The summed E-state index contributed by atoms with van der Waals surface area (Å²) in [6, 6.07) is 2.38. The van der Waals surface area contributed by atoms with E-state index in [-0.39, 0.29) is 11.6 Å². The molecule has 1 unspecified atom stereocenters. The third-order valence-corrected chi connectivity index (χ3v) is 4.35. The fourth-order valence-electron chi connectivity index (χ4n) is 2.18. The SMILES string of the molecule is CNC(=O)c1sc(NC2CCN(C)C2)c(C#N)c1N. The van der Waals surface area contributed by atoms with Crippen LogP contribution in [0.2, 0.25) is 0 Å². The molecule has 2 heterocycles. The number of hydrogen-bond donors (Lipinski definition) is 3. The molecule has 1 saturated heterocycles. The molecule has 0 spiro atoms. The van der Waals surface area contributed by atoms with Crippen LogP contribution in [-0.4, -0.2) is 44.0 Å². The molecule has 0 bridgehead atoms. The molecule has 102 valence electrons. The summed E-state index contributed by atoms with van der Waals surface area (Å²) in [7, 11) is 3.61. The number of nitrogens with two attached hydrogens (primary N) is 1. The molecule has 1 amide bonds. The van der Waals surface area contributed by atoms with Crippen LogP contribution in [0.3, 0.4) is 0 Å². The largest absolute Gasteiger partial charge is 0.396 e. The van der Waals surface area contributed by atoms with Crippen molar-refractivity contribution in [3.05, 3.63) is 10.4 Å². The molecule has 4 N–H and O–H groups in total. The van der Waals surface area contributed by atoms with Crippen molar-refractivity contribution >= 4 is 27.9 Å². The Hall–Kier alpha value is -1.78. The van der Waals surface area contributed by atoms with Gasteiger partial charge in [-0.15, -0.1) is 11.3 Å². The molecule has 19 heavy (non-hydrogen) atoms. The van der Waals surface area contributed by atoms with E-state index < -0.39 is 0 Å². The lowest BCUT2D eigenvalue weighted by Gasteiger charge is -2.12. The number of anilines is 2. The van der Waals surface area contributed by atoms with Crippen molar-refractivity contribution < 1.29 is 4.79 Å². The Bertz CT molecular complexity index is 533. The first-order valence-corrected chi connectivity index (χ1v) is 6.88. The molecule has 1 fully saturated rings. The normalized spacial score (nSPS) is 19.1. The molecular formula is C12H17N5OS. The summed E-state index contributed by atoms with van der Waals surface area (Å²) in [6.07, 6.45) is 1.02. The van der Waals surface area contributed by atoms with Crippen LogP contribution in [0.5, 0.6) is 0 Å².